The highest BCUT2D eigenvalue weighted by Gasteiger charge is 2.20. The fourth-order valence-corrected chi connectivity index (χ4v) is 3.47. The first-order valence-corrected chi connectivity index (χ1v) is 8.99. The van der Waals surface area contributed by atoms with E-state index in [0.29, 0.717) is 5.02 Å². The molecule has 2 aromatic carbocycles. The van der Waals surface area contributed by atoms with Gasteiger partial charge in [-0.15, -0.1) is 0 Å². The molecular weight excluding hydrogens is 342 g/mol. The SMILES string of the molecule is C=C/C=C(\C=C/C)n1cc(C(CO)c2ccccc2)c2cc(Cl)ccc21. The first-order chi connectivity index (χ1) is 12.7. The summed E-state index contributed by atoms with van der Waals surface area (Å²) in [5.74, 6) is -0.117. The van der Waals surface area contributed by atoms with Crippen molar-refractivity contribution < 1.29 is 5.11 Å². The van der Waals surface area contributed by atoms with Crippen LogP contribution in [-0.2, 0) is 0 Å². The minimum atomic E-state index is -0.117. The van der Waals surface area contributed by atoms with Gasteiger partial charge in [-0.1, -0.05) is 60.7 Å². The van der Waals surface area contributed by atoms with Crippen LogP contribution in [0.3, 0.4) is 0 Å². The monoisotopic (exact) mass is 363 g/mol. The van der Waals surface area contributed by atoms with Crippen LogP contribution in [-0.4, -0.2) is 16.3 Å². The van der Waals surface area contributed by atoms with Gasteiger partial charge in [-0.25, -0.2) is 0 Å². The Balaban J connectivity index is 2.27. The van der Waals surface area contributed by atoms with Gasteiger partial charge in [0, 0.05) is 28.2 Å². The highest BCUT2D eigenvalue weighted by Crippen LogP contribution is 2.35. The van der Waals surface area contributed by atoms with Gasteiger partial charge in [-0.05, 0) is 48.4 Å². The number of aromatic nitrogens is 1. The molecule has 26 heavy (non-hydrogen) atoms. The maximum Gasteiger partial charge on any atom is 0.0541 e. The zero-order valence-corrected chi connectivity index (χ0v) is 15.5. The van der Waals surface area contributed by atoms with Crippen LogP contribution in [0.25, 0.3) is 16.6 Å². The lowest BCUT2D eigenvalue weighted by atomic mass is 9.92. The highest BCUT2D eigenvalue weighted by atomic mass is 35.5. The van der Waals surface area contributed by atoms with Gasteiger partial charge in [0.2, 0.25) is 0 Å². The molecule has 0 spiro atoms. The molecule has 3 aromatic rings. The lowest BCUT2D eigenvalue weighted by molar-refractivity contribution is 0.281. The molecule has 0 saturated carbocycles. The van der Waals surface area contributed by atoms with E-state index in [0.717, 1.165) is 27.7 Å². The van der Waals surface area contributed by atoms with Crippen molar-refractivity contribution in [3.8, 4) is 0 Å². The van der Waals surface area contributed by atoms with Crippen LogP contribution in [0, 0.1) is 0 Å². The second kappa shape index (κ2) is 8.22. The summed E-state index contributed by atoms with van der Waals surface area (Å²) in [6.07, 6.45) is 9.86. The lowest BCUT2D eigenvalue weighted by Gasteiger charge is -2.14. The minimum Gasteiger partial charge on any atom is -0.395 e. The molecule has 0 amide bonds. The Morgan fingerprint density at radius 2 is 2.00 bits per heavy atom. The van der Waals surface area contributed by atoms with Gasteiger partial charge < -0.3 is 9.67 Å². The third-order valence-electron chi connectivity index (χ3n) is 4.46. The molecule has 2 nitrogen and oxygen atoms in total. The van der Waals surface area contributed by atoms with Gasteiger partial charge >= 0.3 is 0 Å². The molecule has 0 radical (unpaired) electrons. The molecule has 3 heteroatoms. The van der Waals surface area contributed by atoms with E-state index in [4.69, 9.17) is 11.6 Å². The summed E-state index contributed by atoms with van der Waals surface area (Å²) in [5.41, 5.74) is 4.18. The second-order valence-electron chi connectivity index (χ2n) is 6.09. The number of aliphatic hydroxyl groups is 1. The van der Waals surface area contributed by atoms with Crippen LogP contribution in [0.4, 0.5) is 0 Å². The zero-order valence-electron chi connectivity index (χ0n) is 14.8. The first kappa shape index (κ1) is 18.2. The van der Waals surface area contributed by atoms with Gasteiger partial charge in [0.05, 0.1) is 12.1 Å². The van der Waals surface area contributed by atoms with Crippen molar-refractivity contribution in [2.75, 3.05) is 6.61 Å². The van der Waals surface area contributed by atoms with E-state index in [-0.39, 0.29) is 12.5 Å². The predicted octanol–water partition coefficient (Wildman–Crippen LogP) is 6.02. The molecule has 1 unspecified atom stereocenters. The average Bonchev–Trinajstić information content (AvgIpc) is 3.02. The largest absolute Gasteiger partial charge is 0.395 e. The second-order valence-corrected chi connectivity index (χ2v) is 6.53. The molecular formula is C23H22ClNO. The van der Waals surface area contributed by atoms with Crippen LogP contribution in [0.2, 0.25) is 5.02 Å². The van der Waals surface area contributed by atoms with Crippen LogP contribution >= 0.6 is 11.6 Å². The summed E-state index contributed by atoms with van der Waals surface area (Å²) in [6, 6.07) is 15.9. The molecule has 0 aliphatic rings. The summed E-state index contributed by atoms with van der Waals surface area (Å²) >= 11 is 6.28. The number of aliphatic hydroxyl groups excluding tert-OH is 1. The smallest absolute Gasteiger partial charge is 0.0541 e. The molecule has 132 valence electrons. The quantitative estimate of drug-likeness (QED) is 0.532. The Morgan fingerprint density at radius 1 is 1.23 bits per heavy atom. The van der Waals surface area contributed by atoms with Crippen molar-refractivity contribution in [3.05, 3.63) is 102 Å². The Labute approximate surface area is 159 Å². The number of nitrogens with zero attached hydrogens (tertiary/aromatic N) is 1. The molecule has 3 rings (SSSR count). The zero-order chi connectivity index (χ0) is 18.5. The first-order valence-electron chi connectivity index (χ1n) is 8.61. The summed E-state index contributed by atoms with van der Waals surface area (Å²) in [5, 5.41) is 11.9. The van der Waals surface area contributed by atoms with E-state index in [2.05, 4.69) is 17.3 Å². The number of hydrogen-bond acceptors (Lipinski definition) is 1. The van der Waals surface area contributed by atoms with Gasteiger partial charge in [0.25, 0.3) is 0 Å². The molecule has 0 bridgehead atoms. The normalized spacial score (nSPS) is 13.4. The summed E-state index contributed by atoms with van der Waals surface area (Å²) in [6.45, 7) is 5.84. The third-order valence-corrected chi connectivity index (χ3v) is 4.70. The van der Waals surface area contributed by atoms with Crippen molar-refractivity contribution in [1.82, 2.24) is 4.57 Å². The fourth-order valence-electron chi connectivity index (χ4n) is 3.30. The molecule has 0 saturated heterocycles. The van der Waals surface area contributed by atoms with Crippen LogP contribution < -0.4 is 0 Å². The molecule has 1 heterocycles. The number of hydrogen-bond donors (Lipinski definition) is 1. The number of rotatable bonds is 6. The summed E-state index contributed by atoms with van der Waals surface area (Å²) in [7, 11) is 0. The van der Waals surface area contributed by atoms with Gasteiger partial charge in [-0.3, -0.25) is 0 Å². The van der Waals surface area contributed by atoms with E-state index in [1.165, 1.54) is 0 Å². The Morgan fingerprint density at radius 3 is 2.65 bits per heavy atom. The van der Waals surface area contributed by atoms with Gasteiger partial charge in [-0.2, -0.15) is 0 Å². The topological polar surface area (TPSA) is 25.2 Å². The number of benzene rings is 2. The number of fused-ring (bicyclic) bond motifs is 1. The van der Waals surface area contributed by atoms with Crippen LogP contribution in [0.15, 0.2) is 85.6 Å². The molecule has 1 atom stereocenters. The molecule has 0 aliphatic carbocycles. The number of halogens is 1. The summed E-state index contributed by atoms with van der Waals surface area (Å²) in [4.78, 5) is 0. The summed E-state index contributed by atoms with van der Waals surface area (Å²) < 4.78 is 2.12. The molecule has 0 aliphatic heterocycles. The maximum absolute atomic E-state index is 10.1. The van der Waals surface area contributed by atoms with Crippen LogP contribution in [0.5, 0.6) is 0 Å². The lowest BCUT2D eigenvalue weighted by Crippen LogP contribution is -2.05. The molecule has 1 N–H and O–H groups in total. The van der Waals surface area contributed by atoms with E-state index < -0.39 is 0 Å². The van der Waals surface area contributed by atoms with E-state index in [1.54, 1.807) is 6.08 Å². The Kier molecular flexibility index (Phi) is 5.77. The van der Waals surface area contributed by atoms with Gasteiger partial charge in [0.15, 0.2) is 0 Å². The van der Waals surface area contributed by atoms with E-state index >= 15 is 0 Å². The standard InChI is InChI=1S/C23H22ClNO/c1-3-8-19(9-4-2)25-15-21(20-14-18(24)12-13-23(20)25)22(16-26)17-10-6-5-7-11-17/h3-15,22,26H,1,16H2,2H3/b9-4-,19-8+. The maximum atomic E-state index is 10.1. The van der Waals surface area contributed by atoms with Crippen molar-refractivity contribution in [2.45, 2.75) is 12.8 Å². The Hall–Kier alpha value is -2.55. The third kappa shape index (κ3) is 3.52. The van der Waals surface area contributed by atoms with Crippen molar-refractivity contribution in [3.63, 3.8) is 0 Å². The molecule has 0 fully saturated rings. The van der Waals surface area contributed by atoms with Crippen LogP contribution in [0.1, 0.15) is 24.0 Å². The minimum absolute atomic E-state index is 0.0275. The molecule has 1 aromatic heterocycles. The highest BCUT2D eigenvalue weighted by molar-refractivity contribution is 6.31. The van der Waals surface area contributed by atoms with E-state index in [9.17, 15) is 5.11 Å². The van der Waals surface area contributed by atoms with E-state index in [1.807, 2.05) is 73.7 Å². The van der Waals surface area contributed by atoms with Crippen molar-refractivity contribution in [2.24, 2.45) is 0 Å². The van der Waals surface area contributed by atoms with Gasteiger partial charge in [0.1, 0.15) is 0 Å². The van der Waals surface area contributed by atoms with Crippen molar-refractivity contribution >= 4 is 28.2 Å². The number of allylic oxidation sites excluding steroid dienone is 5. The van der Waals surface area contributed by atoms with Crippen molar-refractivity contribution in [1.29, 1.82) is 0 Å². The predicted molar refractivity (Wildman–Crippen MR) is 112 cm³/mol. The average molecular weight is 364 g/mol. The fraction of sp³-hybridized carbons (Fsp3) is 0.130. The Bertz CT molecular complexity index is 967.